The molecule has 2 aromatic heterocycles. The molecule has 1 N–H and O–H groups in total. The minimum atomic E-state index is -3.89. The standard InChI is InChI=1S/C27H24Cl2N2O4S/c1-18-4-8-23(9-5-18)36(33,34)30(17-22-3-2-12-35-22)15-21(32)16-31-26-10-6-19(28)13-24(26)25-14-20(29)7-11-27(25)31/h2-14,21,32H,15-17H2,1H3/t21-/m0/s1. The van der Waals surface area contributed by atoms with Crippen LogP contribution in [0.15, 0.2) is 88.4 Å². The van der Waals surface area contributed by atoms with E-state index in [1.807, 2.05) is 35.8 Å². The minimum Gasteiger partial charge on any atom is -0.468 e. The Morgan fingerprint density at radius 2 is 1.56 bits per heavy atom. The molecule has 5 aromatic rings. The van der Waals surface area contributed by atoms with Crippen LogP contribution in [0.2, 0.25) is 10.0 Å². The van der Waals surface area contributed by atoms with E-state index < -0.39 is 16.1 Å². The zero-order valence-electron chi connectivity index (χ0n) is 19.4. The summed E-state index contributed by atoms with van der Waals surface area (Å²) < 4.78 is 35.7. The summed E-state index contributed by atoms with van der Waals surface area (Å²) in [5.41, 5.74) is 2.70. The second-order valence-electron chi connectivity index (χ2n) is 8.78. The summed E-state index contributed by atoms with van der Waals surface area (Å²) in [6.07, 6.45) is 0.488. The van der Waals surface area contributed by atoms with Gasteiger partial charge in [-0.05, 0) is 67.6 Å². The molecule has 0 amide bonds. The summed E-state index contributed by atoms with van der Waals surface area (Å²) in [7, 11) is -3.89. The normalized spacial score (nSPS) is 13.1. The largest absolute Gasteiger partial charge is 0.468 e. The Morgan fingerprint density at radius 1 is 0.944 bits per heavy atom. The first kappa shape index (κ1) is 24.9. The number of halogens is 2. The van der Waals surface area contributed by atoms with Crippen LogP contribution in [0.5, 0.6) is 0 Å². The average Bonchev–Trinajstić information content (AvgIpc) is 3.45. The number of hydrogen-bond acceptors (Lipinski definition) is 4. The predicted octanol–water partition coefficient (Wildman–Crippen LogP) is 6.25. The van der Waals surface area contributed by atoms with E-state index in [0.717, 1.165) is 27.4 Å². The van der Waals surface area contributed by atoms with Crippen LogP contribution in [0.4, 0.5) is 0 Å². The highest BCUT2D eigenvalue weighted by atomic mass is 35.5. The van der Waals surface area contributed by atoms with E-state index in [0.29, 0.717) is 15.8 Å². The maximum atomic E-state index is 13.5. The highest BCUT2D eigenvalue weighted by Gasteiger charge is 2.28. The van der Waals surface area contributed by atoms with Crippen LogP contribution < -0.4 is 0 Å². The Morgan fingerprint density at radius 3 is 2.11 bits per heavy atom. The quantitative estimate of drug-likeness (QED) is 0.251. The first-order valence-electron chi connectivity index (χ1n) is 11.4. The van der Waals surface area contributed by atoms with Gasteiger partial charge < -0.3 is 14.1 Å². The van der Waals surface area contributed by atoms with Crippen molar-refractivity contribution in [1.82, 2.24) is 8.87 Å². The maximum Gasteiger partial charge on any atom is 0.243 e. The molecule has 0 aliphatic carbocycles. The van der Waals surface area contributed by atoms with Crippen LogP contribution in [0.3, 0.4) is 0 Å². The Bertz CT molecular complexity index is 1570. The fraction of sp³-hybridized carbons (Fsp3) is 0.185. The molecule has 6 nitrogen and oxygen atoms in total. The van der Waals surface area contributed by atoms with Crippen LogP contribution in [-0.4, -0.2) is 35.0 Å². The molecule has 0 fully saturated rings. The second kappa shape index (κ2) is 9.92. The molecule has 36 heavy (non-hydrogen) atoms. The Balaban J connectivity index is 1.50. The smallest absolute Gasteiger partial charge is 0.243 e. The van der Waals surface area contributed by atoms with Gasteiger partial charge in [-0.1, -0.05) is 40.9 Å². The molecule has 0 radical (unpaired) electrons. The van der Waals surface area contributed by atoms with E-state index in [1.165, 1.54) is 10.6 Å². The number of hydrogen-bond donors (Lipinski definition) is 1. The van der Waals surface area contributed by atoms with E-state index >= 15 is 0 Å². The maximum absolute atomic E-state index is 13.5. The van der Waals surface area contributed by atoms with Crippen molar-refractivity contribution >= 4 is 55.0 Å². The van der Waals surface area contributed by atoms with Crippen molar-refractivity contribution in [2.45, 2.75) is 31.0 Å². The lowest BCUT2D eigenvalue weighted by atomic mass is 10.1. The van der Waals surface area contributed by atoms with Gasteiger partial charge in [0.25, 0.3) is 0 Å². The van der Waals surface area contributed by atoms with Crippen molar-refractivity contribution in [3.05, 3.63) is 100 Å². The van der Waals surface area contributed by atoms with Crippen molar-refractivity contribution in [3.8, 4) is 0 Å². The van der Waals surface area contributed by atoms with Gasteiger partial charge in [-0.15, -0.1) is 0 Å². The van der Waals surface area contributed by atoms with Gasteiger partial charge >= 0.3 is 0 Å². The first-order chi connectivity index (χ1) is 17.2. The molecule has 9 heteroatoms. The molecule has 186 valence electrons. The molecule has 0 saturated carbocycles. The summed E-state index contributed by atoms with van der Waals surface area (Å²) in [5, 5.41) is 14.2. The van der Waals surface area contributed by atoms with Gasteiger partial charge in [-0.3, -0.25) is 0 Å². The van der Waals surface area contributed by atoms with Gasteiger partial charge in [0.15, 0.2) is 0 Å². The molecule has 0 bridgehead atoms. The lowest BCUT2D eigenvalue weighted by Gasteiger charge is -2.25. The van der Waals surface area contributed by atoms with Crippen LogP contribution in [0.25, 0.3) is 21.8 Å². The number of fused-ring (bicyclic) bond motifs is 3. The van der Waals surface area contributed by atoms with Crippen molar-refractivity contribution in [2.75, 3.05) is 6.54 Å². The monoisotopic (exact) mass is 542 g/mol. The van der Waals surface area contributed by atoms with Gasteiger partial charge in [0.1, 0.15) is 5.76 Å². The zero-order valence-corrected chi connectivity index (χ0v) is 21.8. The number of furan rings is 1. The molecular weight excluding hydrogens is 519 g/mol. The van der Waals surface area contributed by atoms with E-state index in [-0.39, 0.29) is 24.5 Å². The molecular formula is C27H24Cl2N2O4S. The van der Waals surface area contributed by atoms with Crippen molar-refractivity contribution in [1.29, 1.82) is 0 Å². The molecule has 0 aliphatic rings. The summed E-state index contributed by atoms with van der Waals surface area (Å²) in [5.74, 6) is 0.485. The third-order valence-corrected chi connectivity index (χ3v) is 8.46. The van der Waals surface area contributed by atoms with E-state index in [1.54, 1.807) is 48.5 Å². The van der Waals surface area contributed by atoms with Crippen LogP contribution in [0, 0.1) is 6.92 Å². The molecule has 1 atom stereocenters. The molecule has 0 aliphatic heterocycles. The lowest BCUT2D eigenvalue weighted by molar-refractivity contribution is 0.126. The molecule has 2 heterocycles. The van der Waals surface area contributed by atoms with Crippen molar-refractivity contribution in [2.24, 2.45) is 0 Å². The van der Waals surface area contributed by atoms with Gasteiger partial charge in [0.2, 0.25) is 10.0 Å². The lowest BCUT2D eigenvalue weighted by Crippen LogP contribution is -2.38. The Hall–Kier alpha value is -2.81. The highest BCUT2D eigenvalue weighted by molar-refractivity contribution is 7.89. The van der Waals surface area contributed by atoms with E-state index in [4.69, 9.17) is 27.6 Å². The van der Waals surface area contributed by atoms with E-state index in [2.05, 4.69) is 0 Å². The van der Waals surface area contributed by atoms with Crippen LogP contribution in [0.1, 0.15) is 11.3 Å². The van der Waals surface area contributed by atoms with Crippen LogP contribution >= 0.6 is 23.2 Å². The first-order valence-corrected chi connectivity index (χ1v) is 13.6. The van der Waals surface area contributed by atoms with Gasteiger partial charge in [0.05, 0.1) is 30.4 Å². The summed E-state index contributed by atoms with van der Waals surface area (Å²) in [6, 6.07) is 21.2. The van der Waals surface area contributed by atoms with E-state index in [9.17, 15) is 13.5 Å². The Kier molecular flexibility index (Phi) is 6.85. The molecule has 3 aromatic carbocycles. The number of aromatic nitrogens is 1. The Labute approximate surface area is 219 Å². The molecule has 0 spiro atoms. The number of aliphatic hydroxyl groups is 1. The number of benzene rings is 3. The second-order valence-corrected chi connectivity index (χ2v) is 11.6. The van der Waals surface area contributed by atoms with Gasteiger partial charge in [0, 0.05) is 38.4 Å². The van der Waals surface area contributed by atoms with Crippen molar-refractivity contribution in [3.63, 3.8) is 0 Å². The summed E-state index contributed by atoms with van der Waals surface area (Å²) in [6.45, 7) is 1.94. The molecule has 0 saturated heterocycles. The fourth-order valence-electron chi connectivity index (χ4n) is 4.43. The predicted molar refractivity (Wildman–Crippen MR) is 143 cm³/mol. The fourth-order valence-corrected chi connectivity index (χ4v) is 6.22. The van der Waals surface area contributed by atoms with Gasteiger partial charge in [-0.25, -0.2) is 8.42 Å². The molecule has 0 unspecified atom stereocenters. The zero-order chi connectivity index (χ0) is 25.4. The topological polar surface area (TPSA) is 75.7 Å². The number of sulfonamides is 1. The summed E-state index contributed by atoms with van der Waals surface area (Å²) in [4.78, 5) is 0.160. The number of nitrogens with zero attached hydrogens (tertiary/aromatic N) is 2. The van der Waals surface area contributed by atoms with Crippen molar-refractivity contribution < 1.29 is 17.9 Å². The number of aliphatic hydroxyl groups excluding tert-OH is 1. The average molecular weight is 543 g/mol. The third kappa shape index (κ3) is 4.90. The molecule has 5 rings (SSSR count). The number of aryl methyl sites for hydroxylation is 1. The van der Waals surface area contributed by atoms with Gasteiger partial charge in [-0.2, -0.15) is 4.31 Å². The SMILES string of the molecule is Cc1ccc(S(=O)(=O)N(Cc2ccco2)C[C@H](O)Cn2c3ccc(Cl)cc3c3cc(Cl)ccc32)cc1. The number of rotatable bonds is 8. The minimum absolute atomic E-state index is 0.00133. The third-order valence-electron chi connectivity index (χ3n) is 6.17. The highest BCUT2D eigenvalue weighted by Crippen LogP contribution is 2.33. The summed E-state index contributed by atoms with van der Waals surface area (Å²) >= 11 is 12.5. The van der Waals surface area contributed by atoms with Crippen LogP contribution in [-0.2, 0) is 23.1 Å².